The molecule has 0 aliphatic carbocycles. The molecule has 1 fully saturated rings. The maximum Gasteiger partial charge on any atom is 0.262 e. The number of anilines is 3. The topological polar surface area (TPSA) is 112 Å². The van der Waals surface area contributed by atoms with Crippen molar-refractivity contribution in [1.29, 1.82) is 0 Å². The van der Waals surface area contributed by atoms with Crippen molar-refractivity contribution in [3.8, 4) is 11.3 Å². The lowest BCUT2D eigenvalue weighted by molar-refractivity contribution is 0.122. The molecule has 0 amide bonds. The molecule has 9 heteroatoms. The van der Waals surface area contributed by atoms with Crippen LogP contribution in [0.3, 0.4) is 0 Å². The first-order valence-electron chi connectivity index (χ1n) is 9.35. The third-order valence-corrected chi connectivity index (χ3v) is 4.93. The number of morpholine rings is 1. The monoisotopic (exact) mass is 389 g/mol. The molecule has 0 atom stereocenters. The summed E-state index contributed by atoms with van der Waals surface area (Å²) in [4.78, 5) is 26.3. The van der Waals surface area contributed by atoms with E-state index < -0.39 is 0 Å². The Hall–Kier alpha value is -3.72. The summed E-state index contributed by atoms with van der Waals surface area (Å²) in [6.07, 6.45) is 4.83. The molecule has 29 heavy (non-hydrogen) atoms. The van der Waals surface area contributed by atoms with Crippen LogP contribution in [0.1, 0.15) is 0 Å². The summed E-state index contributed by atoms with van der Waals surface area (Å²) < 4.78 is 5.41. The largest absolute Gasteiger partial charge is 0.378 e. The molecule has 1 saturated heterocycles. The van der Waals surface area contributed by atoms with E-state index in [-0.39, 0.29) is 5.56 Å². The summed E-state index contributed by atoms with van der Waals surface area (Å²) >= 11 is 0. The third-order valence-electron chi connectivity index (χ3n) is 4.93. The minimum absolute atomic E-state index is 0.242. The molecule has 3 N–H and O–H groups in total. The fourth-order valence-electron chi connectivity index (χ4n) is 3.43. The van der Waals surface area contributed by atoms with Crippen LogP contribution in [0.4, 0.5) is 17.2 Å². The van der Waals surface area contributed by atoms with E-state index >= 15 is 0 Å². The molecule has 1 aromatic carbocycles. The van der Waals surface area contributed by atoms with Gasteiger partial charge in [-0.1, -0.05) is 0 Å². The highest BCUT2D eigenvalue weighted by Gasteiger charge is 2.14. The summed E-state index contributed by atoms with van der Waals surface area (Å²) in [6, 6.07) is 9.85. The van der Waals surface area contributed by atoms with E-state index in [9.17, 15) is 4.79 Å². The average molecular weight is 389 g/mol. The Morgan fingerprint density at radius 3 is 2.72 bits per heavy atom. The zero-order valence-corrected chi connectivity index (χ0v) is 15.6. The highest BCUT2D eigenvalue weighted by molar-refractivity contribution is 5.92. The molecule has 3 aromatic heterocycles. The summed E-state index contributed by atoms with van der Waals surface area (Å²) in [7, 11) is 0. The molecule has 1 aliphatic rings. The molecule has 4 heterocycles. The van der Waals surface area contributed by atoms with Gasteiger partial charge >= 0.3 is 0 Å². The fourth-order valence-corrected chi connectivity index (χ4v) is 3.43. The van der Waals surface area contributed by atoms with Gasteiger partial charge in [0.25, 0.3) is 5.56 Å². The Balaban J connectivity index is 1.51. The number of nitrogens with one attached hydrogen (secondary N) is 3. The Morgan fingerprint density at radius 2 is 1.97 bits per heavy atom. The Morgan fingerprint density at radius 1 is 1.14 bits per heavy atom. The molecule has 9 nitrogen and oxygen atoms in total. The second-order valence-corrected chi connectivity index (χ2v) is 6.74. The molecule has 0 saturated carbocycles. The molecule has 1 aliphatic heterocycles. The van der Waals surface area contributed by atoms with Crippen molar-refractivity contribution >= 4 is 28.1 Å². The van der Waals surface area contributed by atoms with E-state index in [1.807, 2.05) is 12.1 Å². The number of hydrogen-bond acceptors (Lipinski definition) is 7. The molecule has 0 spiro atoms. The minimum atomic E-state index is -0.242. The van der Waals surface area contributed by atoms with E-state index in [1.165, 1.54) is 6.33 Å². The van der Waals surface area contributed by atoms with Crippen molar-refractivity contribution in [1.82, 2.24) is 25.1 Å². The molecule has 0 radical (unpaired) electrons. The van der Waals surface area contributed by atoms with Crippen LogP contribution in [-0.2, 0) is 4.74 Å². The number of nitrogens with zero attached hydrogens (tertiary/aromatic N) is 4. The standard InChI is InChI=1S/C20H19N7O2/c28-20-18-17(21-12-22-20)9-16(13-10-23-24-11-13)26-19(18)25-14-1-3-15(4-2-14)27-5-7-29-8-6-27/h1-4,9-12H,5-8H2,(H,23,24)(H,25,26)(H,21,22,28). The lowest BCUT2D eigenvalue weighted by Crippen LogP contribution is -2.36. The number of pyridine rings is 1. The first kappa shape index (κ1) is 17.4. The van der Waals surface area contributed by atoms with Gasteiger partial charge in [0.15, 0.2) is 0 Å². The lowest BCUT2D eigenvalue weighted by Gasteiger charge is -2.28. The van der Waals surface area contributed by atoms with Crippen LogP contribution in [0.2, 0.25) is 0 Å². The van der Waals surface area contributed by atoms with Gasteiger partial charge in [-0.2, -0.15) is 5.10 Å². The molecule has 0 bridgehead atoms. The Labute approximate surface area is 165 Å². The van der Waals surface area contributed by atoms with Gasteiger partial charge in [-0.25, -0.2) is 9.97 Å². The van der Waals surface area contributed by atoms with Crippen molar-refractivity contribution in [3.05, 3.63) is 59.4 Å². The van der Waals surface area contributed by atoms with Crippen LogP contribution in [0.15, 0.2) is 53.8 Å². The lowest BCUT2D eigenvalue weighted by atomic mass is 10.2. The van der Waals surface area contributed by atoms with E-state index in [0.29, 0.717) is 22.4 Å². The van der Waals surface area contributed by atoms with Gasteiger partial charge in [-0.3, -0.25) is 9.89 Å². The normalized spacial score (nSPS) is 14.3. The van der Waals surface area contributed by atoms with Crippen molar-refractivity contribution in [2.24, 2.45) is 0 Å². The molecule has 4 aromatic rings. The van der Waals surface area contributed by atoms with Crippen LogP contribution in [-0.4, -0.2) is 51.5 Å². The van der Waals surface area contributed by atoms with Gasteiger partial charge in [0, 0.05) is 36.2 Å². The zero-order valence-electron chi connectivity index (χ0n) is 15.6. The van der Waals surface area contributed by atoms with Crippen LogP contribution >= 0.6 is 0 Å². The van der Waals surface area contributed by atoms with Gasteiger partial charge in [0.2, 0.25) is 0 Å². The predicted molar refractivity (Wildman–Crippen MR) is 110 cm³/mol. The van der Waals surface area contributed by atoms with E-state index in [2.05, 4.69) is 47.5 Å². The first-order valence-corrected chi connectivity index (χ1v) is 9.35. The van der Waals surface area contributed by atoms with Crippen LogP contribution in [0, 0.1) is 0 Å². The Bertz CT molecular complexity index is 1180. The van der Waals surface area contributed by atoms with Gasteiger partial charge in [-0.05, 0) is 30.3 Å². The maximum absolute atomic E-state index is 12.4. The second kappa shape index (κ2) is 7.36. The molecule has 0 unspecified atom stereocenters. The van der Waals surface area contributed by atoms with E-state index in [4.69, 9.17) is 4.74 Å². The maximum atomic E-state index is 12.4. The molecular formula is C20H19N7O2. The quantitative estimate of drug-likeness (QED) is 0.491. The smallest absolute Gasteiger partial charge is 0.262 e. The highest BCUT2D eigenvalue weighted by atomic mass is 16.5. The van der Waals surface area contributed by atoms with Crippen LogP contribution in [0.25, 0.3) is 22.2 Å². The number of benzene rings is 1. The fraction of sp³-hybridized carbons (Fsp3) is 0.200. The number of rotatable bonds is 4. The second-order valence-electron chi connectivity index (χ2n) is 6.74. The number of hydrogen-bond donors (Lipinski definition) is 3. The highest BCUT2D eigenvalue weighted by Crippen LogP contribution is 2.27. The molecular weight excluding hydrogens is 370 g/mol. The Kier molecular flexibility index (Phi) is 4.41. The number of aromatic nitrogens is 5. The third kappa shape index (κ3) is 3.43. The van der Waals surface area contributed by atoms with Gasteiger partial charge in [0.05, 0.1) is 36.9 Å². The average Bonchev–Trinajstić information content (AvgIpc) is 3.30. The van der Waals surface area contributed by atoms with Gasteiger partial charge < -0.3 is 19.9 Å². The van der Waals surface area contributed by atoms with Crippen molar-refractivity contribution in [3.63, 3.8) is 0 Å². The number of aromatic amines is 2. The summed E-state index contributed by atoms with van der Waals surface area (Å²) in [5.41, 5.74) is 3.80. The summed E-state index contributed by atoms with van der Waals surface area (Å²) in [5.74, 6) is 0.451. The van der Waals surface area contributed by atoms with Gasteiger partial charge in [-0.15, -0.1) is 0 Å². The van der Waals surface area contributed by atoms with Crippen molar-refractivity contribution in [2.45, 2.75) is 0 Å². The molecule has 5 rings (SSSR count). The molecule has 146 valence electrons. The van der Waals surface area contributed by atoms with Crippen molar-refractivity contribution in [2.75, 3.05) is 36.5 Å². The summed E-state index contributed by atoms with van der Waals surface area (Å²) in [5, 5.41) is 10.4. The predicted octanol–water partition coefficient (Wildman–Crippen LogP) is 2.29. The van der Waals surface area contributed by atoms with E-state index in [1.54, 1.807) is 18.5 Å². The van der Waals surface area contributed by atoms with E-state index in [0.717, 1.165) is 43.2 Å². The number of fused-ring (bicyclic) bond motifs is 1. The zero-order chi connectivity index (χ0) is 19.6. The van der Waals surface area contributed by atoms with Crippen molar-refractivity contribution < 1.29 is 4.74 Å². The van der Waals surface area contributed by atoms with Crippen LogP contribution in [0.5, 0.6) is 0 Å². The SMILES string of the molecule is O=c1[nH]cnc2cc(-c3cn[nH]c3)nc(Nc3ccc(N4CCOCC4)cc3)c12. The number of H-pyrrole nitrogens is 2. The minimum Gasteiger partial charge on any atom is -0.378 e. The number of ether oxygens (including phenoxy) is 1. The van der Waals surface area contributed by atoms with Gasteiger partial charge in [0.1, 0.15) is 11.2 Å². The first-order chi connectivity index (χ1) is 14.3. The summed E-state index contributed by atoms with van der Waals surface area (Å²) in [6.45, 7) is 3.25. The van der Waals surface area contributed by atoms with Crippen LogP contribution < -0.4 is 15.8 Å².